The number of carbonyl (C=O) groups excluding carboxylic acids is 1. The molecule has 0 saturated heterocycles. The fourth-order valence-corrected chi connectivity index (χ4v) is 1.96. The average Bonchev–Trinajstić information content (AvgIpc) is 2.60. The Balaban J connectivity index is 2.63. The molecule has 0 aliphatic carbocycles. The molecule has 1 heterocycles. The van der Waals surface area contributed by atoms with E-state index in [4.69, 9.17) is 5.73 Å². The molecule has 1 aromatic rings. The molecule has 88 valence electrons. The number of rotatable bonds is 6. The van der Waals surface area contributed by atoms with Gasteiger partial charge in [0.2, 0.25) is 0 Å². The highest BCUT2D eigenvalue weighted by Gasteiger charge is 2.14. The molecule has 4 N–H and O–H groups in total. The van der Waals surface area contributed by atoms with Crippen molar-refractivity contribution in [3.63, 3.8) is 0 Å². The molecule has 5 nitrogen and oxygen atoms in total. The lowest BCUT2D eigenvalue weighted by molar-refractivity contribution is 0.0959. The molecule has 1 amide bonds. The first-order chi connectivity index (χ1) is 7.69. The molecule has 1 rings (SSSR count). The quantitative estimate of drug-likeness (QED) is 0.519. The molecule has 0 aliphatic heterocycles. The largest absolute Gasteiger partial charge is 0.382 e. The van der Waals surface area contributed by atoms with Gasteiger partial charge in [0.15, 0.2) is 5.13 Å². The Morgan fingerprint density at radius 3 is 3.06 bits per heavy atom. The lowest BCUT2D eigenvalue weighted by Crippen LogP contribution is -2.23. The highest BCUT2D eigenvalue weighted by Crippen LogP contribution is 2.24. The van der Waals surface area contributed by atoms with Gasteiger partial charge in [-0.15, -0.1) is 6.58 Å². The van der Waals surface area contributed by atoms with Crippen LogP contribution in [0.5, 0.6) is 0 Å². The van der Waals surface area contributed by atoms with Gasteiger partial charge in [0.1, 0.15) is 10.7 Å². The Morgan fingerprint density at radius 2 is 2.44 bits per heavy atom. The van der Waals surface area contributed by atoms with Crippen molar-refractivity contribution in [2.24, 2.45) is 0 Å². The Bertz CT molecular complexity index is 375. The van der Waals surface area contributed by atoms with Crippen LogP contribution >= 0.6 is 11.3 Å². The van der Waals surface area contributed by atoms with Crippen LogP contribution in [0.2, 0.25) is 0 Å². The first-order valence-electron chi connectivity index (χ1n) is 5.08. The maximum atomic E-state index is 11.7. The molecule has 1 aromatic heterocycles. The summed E-state index contributed by atoms with van der Waals surface area (Å²) in [4.78, 5) is 16.2. The van der Waals surface area contributed by atoms with Crippen LogP contribution in [0.3, 0.4) is 0 Å². The summed E-state index contributed by atoms with van der Waals surface area (Å²) in [5.74, 6) is 0.0954. The molecule has 0 bridgehead atoms. The van der Waals surface area contributed by atoms with Gasteiger partial charge in [-0.05, 0) is 13.3 Å². The Hall–Kier alpha value is -1.56. The van der Waals surface area contributed by atoms with Gasteiger partial charge in [0.05, 0.1) is 0 Å². The number of nitrogens with zero attached hydrogens (tertiary/aromatic N) is 1. The summed E-state index contributed by atoms with van der Waals surface area (Å²) < 4.78 is 0. The molecule has 0 atom stereocenters. The fraction of sp³-hybridized carbons (Fsp3) is 0.400. The predicted molar refractivity (Wildman–Crippen MR) is 67.8 cm³/mol. The number of carbonyl (C=O) groups is 1. The van der Waals surface area contributed by atoms with Gasteiger partial charge in [0.25, 0.3) is 5.91 Å². The first kappa shape index (κ1) is 12.5. The summed E-state index contributed by atoms with van der Waals surface area (Å²) in [6.07, 6.45) is 2.49. The molecule has 0 aliphatic rings. The Morgan fingerprint density at radius 1 is 1.69 bits per heavy atom. The van der Waals surface area contributed by atoms with Crippen molar-refractivity contribution in [3.05, 3.63) is 17.5 Å². The van der Waals surface area contributed by atoms with Gasteiger partial charge in [0, 0.05) is 13.1 Å². The predicted octanol–water partition coefficient (Wildman–Crippen LogP) is 1.46. The summed E-state index contributed by atoms with van der Waals surface area (Å²) in [5.41, 5.74) is 5.66. The van der Waals surface area contributed by atoms with E-state index < -0.39 is 0 Å². The van der Waals surface area contributed by atoms with E-state index in [9.17, 15) is 4.79 Å². The zero-order chi connectivity index (χ0) is 12.0. The third-order valence-electron chi connectivity index (χ3n) is 1.82. The number of nitrogens with two attached hydrogens (primary N) is 1. The lowest BCUT2D eigenvalue weighted by atomic mass is 10.4. The van der Waals surface area contributed by atoms with Crippen molar-refractivity contribution in [2.75, 3.05) is 24.1 Å². The third kappa shape index (κ3) is 3.23. The molecule has 6 heteroatoms. The van der Waals surface area contributed by atoms with Crippen molar-refractivity contribution >= 4 is 28.2 Å². The van der Waals surface area contributed by atoms with E-state index in [-0.39, 0.29) is 11.7 Å². The Kier molecular flexibility index (Phi) is 4.78. The minimum Gasteiger partial charge on any atom is -0.382 e. The van der Waals surface area contributed by atoms with Gasteiger partial charge >= 0.3 is 0 Å². The van der Waals surface area contributed by atoms with Crippen LogP contribution < -0.4 is 16.4 Å². The second-order valence-corrected chi connectivity index (χ2v) is 4.10. The normalized spacial score (nSPS) is 9.81. The summed E-state index contributed by atoms with van der Waals surface area (Å²) >= 11 is 1.27. The smallest absolute Gasteiger partial charge is 0.265 e. The highest BCUT2D eigenvalue weighted by atomic mass is 32.1. The molecule has 0 spiro atoms. The van der Waals surface area contributed by atoms with Gasteiger partial charge in [-0.1, -0.05) is 17.4 Å². The molecule has 0 aromatic carbocycles. The van der Waals surface area contributed by atoms with E-state index in [0.717, 1.165) is 13.0 Å². The minimum atomic E-state index is -0.180. The molecule has 16 heavy (non-hydrogen) atoms. The Labute approximate surface area is 98.8 Å². The molecule has 0 unspecified atom stereocenters. The first-order valence-corrected chi connectivity index (χ1v) is 5.90. The fourth-order valence-electron chi connectivity index (χ4n) is 1.09. The minimum absolute atomic E-state index is 0.180. The van der Waals surface area contributed by atoms with Crippen molar-refractivity contribution in [3.8, 4) is 0 Å². The number of nitrogens with one attached hydrogen (secondary N) is 2. The van der Waals surface area contributed by atoms with Crippen molar-refractivity contribution in [2.45, 2.75) is 13.3 Å². The van der Waals surface area contributed by atoms with Crippen LogP contribution in [0.1, 0.15) is 23.0 Å². The maximum absolute atomic E-state index is 11.7. The van der Waals surface area contributed by atoms with Crippen molar-refractivity contribution < 1.29 is 4.79 Å². The van der Waals surface area contributed by atoms with Gasteiger partial charge in [-0.3, -0.25) is 4.79 Å². The second kappa shape index (κ2) is 6.12. The van der Waals surface area contributed by atoms with Gasteiger partial charge in [-0.25, -0.2) is 4.98 Å². The molecule has 0 fully saturated rings. The SMILES string of the molecule is C=CCCNC(=O)c1sc(NCC)nc1N. The van der Waals surface area contributed by atoms with Gasteiger partial charge < -0.3 is 16.4 Å². The number of thiazole rings is 1. The number of aromatic nitrogens is 1. The van der Waals surface area contributed by atoms with E-state index in [0.29, 0.717) is 16.6 Å². The monoisotopic (exact) mass is 240 g/mol. The average molecular weight is 240 g/mol. The number of nitrogen functional groups attached to an aromatic ring is 1. The summed E-state index contributed by atoms with van der Waals surface area (Å²) in [6.45, 7) is 6.86. The molecule has 0 saturated carbocycles. The van der Waals surface area contributed by atoms with Crippen LogP contribution in [0.15, 0.2) is 12.7 Å². The van der Waals surface area contributed by atoms with E-state index in [1.165, 1.54) is 11.3 Å². The summed E-state index contributed by atoms with van der Waals surface area (Å²) in [6, 6.07) is 0. The zero-order valence-electron chi connectivity index (χ0n) is 9.25. The second-order valence-electron chi connectivity index (χ2n) is 3.10. The topological polar surface area (TPSA) is 80.0 Å². The molecular weight excluding hydrogens is 224 g/mol. The lowest BCUT2D eigenvalue weighted by Gasteiger charge is -2.00. The van der Waals surface area contributed by atoms with Crippen molar-refractivity contribution in [1.29, 1.82) is 0 Å². The van der Waals surface area contributed by atoms with E-state index in [1.807, 2.05) is 6.92 Å². The molecule has 0 radical (unpaired) electrons. The van der Waals surface area contributed by atoms with E-state index in [1.54, 1.807) is 6.08 Å². The molecular formula is C10H16N4OS. The van der Waals surface area contributed by atoms with Crippen LogP contribution in [0.4, 0.5) is 10.9 Å². The van der Waals surface area contributed by atoms with E-state index >= 15 is 0 Å². The number of hydrogen-bond donors (Lipinski definition) is 3. The maximum Gasteiger partial charge on any atom is 0.265 e. The van der Waals surface area contributed by atoms with Crippen LogP contribution in [0, 0.1) is 0 Å². The van der Waals surface area contributed by atoms with E-state index in [2.05, 4.69) is 22.2 Å². The number of hydrogen-bond acceptors (Lipinski definition) is 5. The van der Waals surface area contributed by atoms with Gasteiger partial charge in [-0.2, -0.15) is 0 Å². The van der Waals surface area contributed by atoms with Crippen molar-refractivity contribution in [1.82, 2.24) is 10.3 Å². The van der Waals surface area contributed by atoms with Crippen LogP contribution in [0.25, 0.3) is 0 Å². The summed E-state index contributed by atoms with van der Waals surface area (Å²) in [5, 5.41) is 6.45. The van der Waals surface area contributed by atoms with Crippen LogP contribution in [-0.4, -0.2) is 24.0 Å². The summed E-state index contributed by atoms with van der Waals surface area (Å²) in [7, 11) is 0. The third-order valence-corrected chi connectivity index (χ3v) is 2.85. The number of anilines is 2. The standard InChI is InChI=1S/C10H16N4OS/c1-3-5-6-13-9(15)7-8(11)14-10(16-7)12-4-2/h3H,1,4-6,11H2,2H3,(H,12,14)(H,13,15). The van der Waals surface area contributed by atoms with Crippen LogP contribution in [-0.2, 0) is 0 Å². The number of amides is 1. The zero-order valence-corrected chi connectivity index (χ0v) is 10.1. The highest BCUT2D eigenvalue weighted by molar-refractivity contribution is 7.18.